The molecule has 4 heteroatoms. The van der Waals surface area contributed by atoms with Crippen LogP contribution >= 0.6 is 0 Å². The fraction of sp³-hybridized carbons (Fsp3) is 0.238. The highest BCUT2D eigenvalue weighted by Crippen LogP contribution is 2.30. The molecule has 1 heterocycles. The number of amides is 2. The Balaban J connectivity index is 1.84. The van der Waals surface area contributed by atoms with E-state index in [4.69, 9.17) is 4.74 Å². The van der Waals surface area contributed by atoms with Gasteiger partial charge in [-0.1, -0.05) is 66.7 Å². The van der Waals surface area contributed by atoms with Crippen molar-refractivity contribution in [2.24, 2.45) is 5.92 Å². The number of cyclic esters (lactones) is 1. The minimum atomic E-state index is -0.569. The number of allylic oxidation sites excluding steroid dienone is 1. The Morgan fingerprint density at radius 3 is 2.44 bits per heavy atom. The molecule has 3 rings (SSSR count). The first-order valence-corrected chi connectivity index (χ1v) is 8.40. The molecule has 2 amide bonds. The molecule has 0 aromatic heterocycles. The summed E-state index contributed by atoms with van der Waals surface area (Å²) < 4.78 is 5.17. The number of benzene rings is 2. The number of nitrogens with zero attached hydrogens (tertiary/aromatic N) is 1. The average molecular weight is 335 g/mol. The van der Waals surface area contributed by atoms with Gasteiger partial charge in [0.25, 0.3) is 0 Å². The van der Waals surface area contributed by atoms with Gasteiger partial charge in [-0.2, -0.15) is 0 Å². The lowest BCUT2D eigenvalue weighted by Gasteiger charge is -2.24. The molecular weight excluding hydrogens is 314 g/mol. The molecule has 0 saturated carbocycles. The summed E-state index contributed by atoms with van der Waals surface area (Å²) in [4.78, 5) is 26.6. The Labute approximate surface area is 147 Å². The molecular formula is C21H21NO3. The van der Waals surface area contributed by atoms with E-state index in [1.807, 2.05) is 60.7 Å². The SMILES string of the molecule is C=CC[C@@H](Cc1ccccc1)C(=O)N1C(=O)OC[C@@H]1c1ccccc1. The van der Waals surface area contributed by atoms with Crippen LogP contribution in [-0.2, 0) is 16.0 Å². The van der Waals surface area contributed by atoms with Gasteiger partial charge in [0.05, 0.1) is 0 Å². The third-order valence-electron chi connectivity index (χ3n) is 4.42. The Morgan fingerprint density at radius 1 is 1.16 bits per heavy atom. The summed E-state index contributed by atoms with van der Waals surface area (Å²) in [5, 5.41) is 0. The molecule has 0 spiro atoms. The molecule has 25 heavy (non-hydrogen) atoms. The third-order valence-corrected chi connectivity index (χ3v) is 4.42. The molecule has 4 nitrogen and oxygen atoms in total. The van der Waals surface area contributed by atoms with Crippen LogP contribution < -0.4 is 0 Å². The summed E-state index contributed by atoms with van der Waals surface area (Å²) in [7, 11) is 0. The topological polar surface area (TPSA) is 46.6 Å². The van der Waals surface area contributed by atoms with Crippen molar-refractivity contribution in [3.05, 3.63) is 84.4 Å². The van der Waals surface area contributed by atoms with Gasteiger partial charge in [0.2, 0.25) is 5.91 Å². The molecule has 0 N–H and O–H groups in total. The normalized spacial score (nSPS) is 17.8. The van der Waals surface area contributed by atoms with E-state index >= 15 is 0 Å². The van der Waals surface area contributed by atoms with Crippen molar-refractivity contribution in [2.75, 3.05) is 6.61 Å². The highest BCUT2D eigenvalue weighted by Gasteiger charge is 2.41. The molecule has 2 aromatic rings. The predicted octanol–water partition coefficient (Wildman–Crippen LogP) is 4.14. The quantitative estimate of drug-likeness (QED) is 0.745. The van der Waals surface area contributed by atoms with E-state index in [1.54, 1.807) is 6.08 Å². The van der Waals surface area contributed by atoms with Crippen LogP contribution in [0.2, 0.25) is 0 Å². The van der Waals surface area contributed by atoms with Gasteiger partial charge in [-0.05, 0) is 24.0 Å². The second kappa shape index (κ2) is 7.79. The standard InChI is InChI=1S/C21H21NO3/c1-2-9-18(14-16-10-5-3-6-11-16)20(23)22-19(15-25-21(22)24)17-12-7-4-8-13-17/h2-8,10-13,18-19H,1,9,14-15H2/t18-,19+/m0/s1. The van der Waals surface area contributed by atoms with Gasteiger partial charge in [-0.15, -0.1) is 6.58 Å². The first-order chi connectivity index (χ1) is 12.2. The van der Waals surface area contributed by atoms with E-state index in [0.29, 0.717) is 12.8 Å². The van der Waals surface area contributed by atoms with Crippen molar-refractivity contribution in [2.45, 2.75) is 18.9 Å². The van der Waals surface area contributed by atoms with Crippen LogP contribution in [0.15, 0.2) is 73.3 Å². The molecule has 0 radical (unpaired) electrons. The molecule has 1 fully saturated rings. The Bertz CT molecular complexity index is 742. The van der Waals surface area contributed by atoms with Crippen LogP contribution in [0.3, 0.4) is 0 Å². The Morgan fingerprint density at radius 2 is 1.80 bits per heavy atom. The molecule has 2 atom stereocenters. The lowest BCUT2D eigenvalue weighted by Crippen LogP contribution is -2.39. The van der Waals surface area contributed by atoms with Crippen molar-refractivity contribution in [1.82, 2.24) is 4.90 Å². The molecule has 0 aliphatic carbocycles. The summed E-state index contributed by atoms with van der Waals surface area (Å²) in [6.45, 7) is 3.96. The largest absolute Gasteiger partial charge is 0.446 e. The number of rotatable bonds is 6. The first kappa shape index (κ1) is 17.0. The van der Waals surface area contributed by atoms with Crippen LogP contribution in [0.25, 0.3) is 0 Å². The second-order valence-electron chi connectivity index (χ2n) is 6.12. The lowest BCUT2D eigenvalue weighted by molar-refractivity contribution is -0.133. The molecule has 0 unspecified atom stereocenters. The lowest BCUT2D eigenvalue weighted by atomic mass is 9.94. The first-order valence-electron chi connectivity index (χ1n) is 8.40. The van der Waals surface area contributed by atoms with Crippen molar-refractivity contribution in [3.63, 3.8) is 0 Å². The summed E-state index contributed by atoms with van der Waals surface area (Å²) in [6, 6.07) is 18.9. The number of hydrogen-bond donors (Lipinski definition) is 0. The third kappa shape index (κ3) is 3.79. The van der Waals surface area contributed by atoms with Gasteiger partial charge < -0.3 is 4.74 Å². The fourth-order valence-corrected chi connectivity index (χ4v) is 3.15. The second-order valence-corrected chi connectivity index (χ2v) is 6.12. The minimum absolute atomic E-state index is 0.195. The Hall–Kier alpha value is -2.88. The number of imide groups is 1. The van der Waals surface area contributed by atoms with Gasteiger partial charge in [-0.25, -0.2) is 9.69 Å². The molecule has 1 saturated heterocycles. The number of carbonyl (C=O) groups is 2. The van der Waals surface area contributed by atoms with Gasteiger partial charge in [0.1, 0.15) is 12.6 Å². The Kier molecular flexibility index (Phi) is 5.29. The van der Waals surface area contributed by atoms with Gasteiger partial charge in [-0.3, -0.25) is 4.79 Å². The zero-order valence-electron chi connectivity index (χ0n) is 14.0. The highest BCUT2D eigenvalue weighted by molar-refractivity contribution is 5.95. The van der Waals surface area contributed by atoms with Gasteiger partial charge >= 0.3 is 6.09 Å². The maximum atomic E-state index is 13.1. The van der Waals surface area contributed by atoms with Crippen molar-refractivity contribution in [1.29, 1.82) is 0 Å². The molecule has 2 aromatic carbocycles. The number of hydrogen-bond acceptors (Lipinski definition) is 3. The van der Waals surface area contributed by atoms with Crippen molar-refractivity contribution < 1.29 is 14.3 Å². The minimum Gasteiger partial charge on any atom is -0.446 e. The van der Waals surface area contributed by atoms with Crippen LogP contribution in [0.1, 0.15) is 23.6 Å². The van der Waals surface area contributed by atoms with E-state index in [9.17, 15) is 9.59 Å². The van der Waals surface area contributed by atoms with Crippen molar-refractivity contribution in [3.8, 4) is 0 Å². The van der Waals surface area contributed by atoms with Crippen LogP contribution in [0, 0.1) is 5.92 Å². The fourth-order valence-electron chi connectivity index (χ4n) is 3.15. The zero-order valence-corrected chi connectivity index (χ0v) is 14.0. The molecule has 128 valence electrons. The van der Waals surface area contributed by atoms with E-state index in [0.717, 1.165) is 11.1 Å². The van der Waals surface area contributed by atoms with E-state index < -0.39 is 6.09 Å². The summed E-state index contributed by atoms with van der Waals surface area (Å²) in [5.74, 6) is -0.545. The van der Waals surface area contributed by atoms with E-state index in [2.05, 4.69) is 6.58 Å². The highest BCUT2D eigenvalue weighted by atomic mass is 16.6. The van der Waals surface area contributed by atoms with E-state index in [-0.39, 0.29) is 24.5 Å². The predicted molar refractivity (Wildman–Crippen MR) is 95.8 cm³/mol. The summed E-state index contributed by atoms with van der Waals surface area (Å²) in [5.41, 5.74) is 1.96. The summed E-state index contributed by atoms with van der Waals surface area (Å²) in [6.07, 6.45) is 2.24. The number of ether oxygens (including phenoxy) is 1. The van der Waals surface area contributed by atoms with Gasteiger partial charge in [0.15, 0.2) is 0 Å². The monoisotopic (exact) mass is 335 g/mol. The number of carbonyl (C=O) groups excluding carboxylic acids is 2. The van der Waals surface area contributed by atoms with Crippen molar-refractivity contribution >= 4 is 12.0 Å². The molecule has 1 aliphatic rings. The average Bonchev–Trinajstić information content (AvgIpc) is 3.04. The van der Waals surface area contributed by atoms with Crippen LogP contribution in [0.5, 0.6) is 0 Å². The van der Waals surface area contributed by atoms with Crippen LogP contribution in [-0.4, -0.2) is 23.5 Å². The zero-order chi connectivity index (χ0) is 17.6. The molecule has 1 aliphatic heterocycles. The molecule has 0 bridgehead atoms. The van der Waals surface area contributed by atoms with E-state index in [1.165, 1.54) is 4.90 Å². The maximum Gasteiger partial charge on any atom is 0.417 e. The maximum absolute atomic E-state index is 13.1. The van der Waals surface area contributed by atoms with Gasteiger partial charge in [0, 0.05) is 5.92 Å². The van der Waals surface area contributed by atoms with Crippen LogP contribution in [0.4, 0.5) is 4.79 Å². The summed E-state index contributed by atoms with van der Waals surface area (Å²) >= 11 is 0. The smallest absolute Gasteiger partial charge is 0.417 e.